The highest BCUT2D eigenvalue weighted by Gasteiger charge is 2.36. The van der Waals surface area contributed by atoms with Crippen molar-refractivity contribution in [3.8, 4) is 0 Å². The third-order valence-electron chi connectivity index (χ3n) is 2.99. The molecule has 2 rings (SSSR count). The highest BCUT2D eigenvalue weighted by molar-refractivity contribution is 5.71. The van der Waals surface area contributed by atoms with E-state index >= 15 is 0 Å². The lowest BCUT2D eigenvalue weighted by molar-refractivity contribution is -0.143. The van der Waals surface area contributed by atoms with Crippen LogP contribution in [0.15, 0.2) is 18.6 Å². The first-order valence-corrected chi connectivity index (χ1v) is 5.44. The molecule has 0 radical (unpaired) electrons. The molecule has 6 heteroatoms. The van der Waals surface area contributed by atoms with Crippen molar-refractivity contribution < 1.29 is 14.6 Å². The number of rotatable bonds is 4. The van der Waals surface area contributed by atoms with Crippen molar-refractivity contribution in [3.63, 3.8) is 0 Å². The maximum atomic E-state index is 11.0. The van der Waals surface area contributed by atoms with Gasteiger partial charge in [0.15, 0.2) is 0 Å². The SMILES string of the molecule is CN(Cc1ccncn1)C1COCC1C(=O)O. The van der Waals surface area contributed by atoms with E-state index in [1.54, 1.807) is 6.20 Å². The monoisotopic (exact) mass is 237 g/mol. The van der Waals surface area contributed by atoms with Crippen molar-refractivity contribution in [1.82, 2.24) is 14.9 Å². The Kier molecular flexibility index (Phi) is 3.65. The van der Waals surface area contributed by atoms with E-state index in [1.165, 1.54) is 6.33 Å². The van der Waals surface area contributed by atoms with Crippen LogP contribution in [0, 0.1) is 5.92 Å². The number of hydrogen-bond acceptors (Lipinski definition) is 5. The van der Waals surface area contributed by atoms with E-state index in [0.717, 1.165) is 5.69 Å². The number of ether oxygens (including phenoxy) is 1. The fourth-order valence-corrected chi connectivity index (χ4v) is 2.00. The predicted molar refractivity (Wildman–Crippen MR) is 59.2 cm³/mol. The molecule has 1 aromatic heterocycles. The van der Waals surface area contributed by atoms with Gasteiger partial charge in [0.2, 0.25) is 0 Å². The molecule has 0 aromatic carbocycles. The first-order chi connectivity index (χ1) is 8.18. The van der Waals surface area contributed by atoms with E-state index in [0.29, 0.717) is 13.2 Å². The third kappa shape index (κ3) is 2.78. The Hall–Kier alpha value is -1.53. The molecule has 0 amide bonds. The molecule has 2 atom stereocenters. The Balaban J connectivity index is 2.00. The summed E-state index contributed by atoms with van der Waals surface area (Å²) in [5.74, 6) is -1.26. The van der Waals surface area contributed by atoms with Crippen molar-refractivity contribution in [2.45, 2.75) is 12.6 Å². The lowest BCUT2D eigenvalue weighted by Crippen LogP contribution is -2.40. The number of nitrogens with zero attached hydrogens (tertiary/aromatic N) is 3. The third-order valence-corrected chi connectivity index (χ3v) is 2.99. The summed E-state index contributed by atoms with van der Waals surface area (Å²) in [7, 11) is 1.89. The van der Waals surface area contributed by atoms with Crippen LogP contribution in [0.5, 0.6) is 0 Å². The van der Waals surface area contributed by atoms with Gasteiger partial charge in [0.05, 0.1) is 24.8 Å². The maximum Gasteiger partial charge on any atom is 0.310 e. The predicted octanol–water partition coefficient (Wildman–Crippen LogP) is 0.00800. The largest absolute Gasteiger partial charge is 0.481 e. The first kappa shape index (κ1) is 11.9. The molecule has 1 aromatic rings. The average Bonchev–Trinajstić information content (AvgIpc) is 2.79. The minimum Gasteiger partial charge on any atom is -0.481 e. The summed E-state index contributed by atoms with van der Waals surface area (Å²) in [6.07, 6.45) is 3.17. The second-order valence-electron chi connectivity index (χ2n) is 4.17. The highest BCUT2D eigenvalue weighted by atomic mass is 16.5. The summed E-state index contributed by atoms with van der Waals surface area (Å²) in [6, 6.07) is 1.73. The highest BCUT2D eigenvalue weighted by Crippen LogP contribution is 2.20. The molecule has 1 N–H and O–H groups in total. The van der Waals surface area contributed by atoms with E-state index in [1.807, 2.05) is 18.0 Å². The summed E-state index contributed by atoms with van der Waals surface area (Å²) >= 11 is 0. The quantitative estimate of drug-likeness (QED) is 0.795. The lowest BCUT2D eigenvalue weighted by atomic mass is 10.0. The minimum atomic E-state index is -0.804. The lowest BCUT2D eigenvalue weighted by Gasteiger charge is -2.25. The van der Waals surface area contributed by atoms with Crippen molar-refractivity contribution >= 4 is 5.97 Å². The average molecular weight is 237 g/mol. The van der Waals surface area contributed by atoms with Crippen LogP contribution < -0.4 is 0 Å². The molecule has 2 heterocycles. The van der Waals surface area contributed by atoms with Crippen LogP contribution in [0.25, 0.3) is 0 Å². The fourth-order valence-electron chi connectivity index (χ4n) is 2.00. The van der Waals surface area contributed by atoms with E-state index in [4.69, 9.17) is 9.84 Å². The van der Waals surface area contributed by atoms with Crippen molar-refractivity contribution in [2.24, 2.45) is 5.92 Å². The van der Waals surface area contributed by atoms with Crippen molar-refractivity contribution in [2.75, 3.05) is 20.3 Å². The fraction of sp³-hybridized carbons (Fsp3) is 0.545. The Morgan fingerprint density at radius 3 is 3.12 bits per heavy atom. The van der Waals surface area contributed by atoms with Gasteiger partial charge in [-0.3, -0.25) is 9.69 Å². The van der Waals surface area contributed by atoms with Crippen LogP contribution in [0.1, 0.15) is 5.69 Å². The molecule has 17 heavy (non-hydrogen) atoms. The Bertz CT molecular complexity index is 385. The van der Waals surface area contributed by atoms with Gasteiger partial charge in [0.25, 0.3) is 0 Å². The molecule has 1 saturated heterocycles. The molecule has 0 saturated carbocycles. The van der Waals surface area contributed by atoms with E-state index in [2.05, 4.69) is 9.97 Å². The van der Waals surface area contributed by atoms with Gasteiger partial charge < -0.3 is 9.84 Å². The van der Waals surface area contributed by atoms with Gasteiger partial charge in [-0.1, -0.05) is 0 Å². The standard InChI is InChI=1S/C11H15N3O3/c1-14(4-8-2-3-12-7-13-8)10-6-17-5-9(10)11(15)16/h2-3,7,9-10H,4-6H2,1H3,(H,15,16). The van der Waals surface area contributed by atoms with Gasteiger partial charge >= 0.3 is 5.97 Å². The second-order valence-corrected chi connectivity index (χ2v) is 4.17. The molecule has 0 spiro atoms. The maximum absolute atomic E-state index is 11.0. The molecular weight excluding hydrogens is 222 g/mol. The number of carboxylic acids is 1. The zero-order valence-corrected chi connectivity index (χ0v) is 9.61. The van der Waals surface area contributed by atoms with E-state index < -0.39 is 11.9 Å². The second kappa shape index (κ2) is 5.20. The summed E-state index contributed by atoms with van der Waals surface area (Å²) in [5.41, 5.74) is 0.874. The number of aromatic nitrogens is 2. The molecule has 1 fully saturated rings. The Labute approximate surface area is 99.2 Å². The number of carbonyl (C=O) groups is 1. The number of hydrogen-bond donors (Lipinski definition) is 1. The molecule has 2 unspecified atom stereocenters. The van der Waals surface area contributed by atoms with Crippen LogP contribution in [-0.4, -0.2) is 52.2 Å². The summed E-state index contributed by atoms with van der Waals surface area (Å²) in [4.78, 5) is 21.0. The molecule has 0 aliphatic carbocycles. The molecular formula is C11H15N3O3. The van der Waals surface area contributed by atoms with Crippen LogP contribution >= 0.6 is 0 Å². The van der Waals surface area contributed by atoms with Crippen LogP contribution in [0.3, 0.4) is 0 Å². The zero-order valence-electron chi connectivity index (χ0n) is 9.61. The van der Waals surface area contributed by atoms with Gasteiger partial charge in [-0.15, -0.1) is 0 Å². The summed E-state index contributed by atoms with van der Waals surface area (Å²) in [6.45, 7) is 1.34. The van der Waals surface area contributed by atoms with Gasteiger partial charge in [0, 0.05) is 18.8 Å². The number of aliphatic carboxylic acids is 1. The van der Waals surface area contributed by atoms with Gasteiger partial charge in [-0.2, -0.15) is 0 Å². The van der Waals surface area contributed by atoms with E-state index in [9.17, 15) is 4.79 Å². The molecule has 1 aliphatic heterocycles. The number of carboxylic acid groups (broad SMARTS) is 1. The van der Waals surface area contributed by atoms with Crippen LogP contribution in [0.2, 0.25) is 0 Å². The number of likely N-dealkylation sites (N-methyl/N-ethyl adjacent to an activating group) is 1. The van der Waals surface area contributed by atoms with Gasteiger partial charge in [-0.25, -0.2) is 9.97 Å². The topological polar surface area (TPSA) is 75.5 Å². The Morgan fingerprint density at radius 2 is 2.47 bits per heavy atom. The summed E-state index contributed by atoms with van der Waals surface area (Å²) in [5, 5.41) is 9.07. The van der Waals surface area contributed by atoms with Crippen molar-refractivity contribution in [1.29, 1.82) is 0 Å². The van der Waals surface area contributed by atoms with Gasteiger partial charge in [0.1, 0.15) is 6.33 Å². The summed E-state index contributed by atoms with van der Waals surface area (Å²) < 4.78 is 5.23. The van der Waals surface area contributed by atoms with Crippen molar-refractivity contribution in [3.05, 3.63) is 24.3 Å². The minimum absolute atomic E-state index is 0.0949. The van der Waals surface area contributed by atoms with Crippen LogP contribution in [0.4, 0.5) is 0 Å². The molecule has 0 bridgehead atoms. The smallest absolute Gasteiger partial charge is 0.310 e. The first-order valence-electron chi connectivity index (χ1n) is 5.44. The molecule has 92 valence electrons. The van der Waals surface area contributed by atoms with Crippen LogP contribution in [-0.2, 0) is 16.1 Å². The molecule has 6 nitrogen and oxygen atoms in total. The Morgan fingerprint density at radius 1 is 1.65 bits per heavy atom. The van der Waals surface area contributed by atoms with E-state index in [-0.39, 0.29) is 12.6 Å². The molecule has 1 aliphatic rings. The normalized spacial score (nSPS) is 24.1. The zero-order chi connectivity index (χ0) is 12.3. The van der Waals surface area contributed by atoms with Gasteiger partial charge in [-0.05, 0) is 13.1 Å².